The van der Waals surface area contributed by atoms with Crippen molar-refractivity contribution in [2.75, 3.05) is 39.6 Å². The Hall–Kier alpha value is -0.640. The lowest BCUT2D eigenvalue weighted by atomic mass is 9.98. The molecule has 3 heterocycles. The Kier molecular flexibility index (Phi) is 13.2. The van der Waals surface area contributed by atoms with Crippen molar-refractivity contribution in [2.45, 2.75) is 86.1 Å². The molecule has 16 nitrogen and oxygen atoms in total. The largest absolute Gasteiger partial charge is 0.394 e. The SMILES string of the molecule is NCCO[C@H]1OC(CO[C@H]2OC(CO)[C@@H](O)C(O)C2O)[C@@H](O)C(O)C1O.OCC1CC(O)C(O)CO1. The van der Waals surface area contributed by atoms with E-state index in [9.17, 15) is 30.6 Å². The first-order chi connectivity index (χ1) is 17.0. The topological polar surface area (TPSA) is 274 Å². The molecule has 3 fully saturated rings. The van der Waals surface area contributed by atoms with Crippen molar-refractivity contribution in [3.05, 3.63) is 0 Å². The van der Waals surface area contributed by atoms with Gasteiger partial charge in [-0.3, -0.25) is 0 Å². The monoisotopic (exact) mass is 533 g/mol. The molecule has 3 rings (SSSR count). The van der Waals surface area contributed by atoms with Crippen LogP contribution in [0.25, 0.3) is 0 Å². The molecule has 0 amide bonds. The Morgan fingerprint density at radius 3 is 1.75 bits per heavy atom. The van der Waals surface area contributed by atoms with Crippen LogP contribution in [0.4, 0.5) is 0 Å². The number of aliphatic hydroxyl groups is 10. The Morgan fingerprint density at radius 1 is 0.667 bits per heavy atom. The van der Waals surface area contributed by atoms with E-state index in [2.05, 4.69) is 0 Å². The van der Waals surface area contributed by atoms with Gasteiger partial charge in [0.05, 0.1) is 45.2 Å². The molecule has 0 aromatic carbocycles. The Balaban J connectivity index is 0.000000380. The van der Waals surface area contributed by atoms with Crippen LogP contribution in [-0.4, -0.2) is 170 Å². The van der Waals surface area contributed by atoms with Gasteiger partial charge in [0, 0.05) is 13.0 Å². The zero-order chi connectivity index (χ0) is 27.0. The van der Waals surface area contributed by atoms with Crippen LogP contribution in [-0.2, 0) is 23.7 Å². The Labute approximate surface area is 207 Å². The molecule has 13 atom stereocenters. The third-order valence-corrected chi connectivity index (χ3v) is 6.00. The molecule has 36 heavy (non-hydrogen) atoms. The summed E-state index contributed by atoms with van der Waals surface area (Å²) in [5, 5.41) is 94.8. The van der Waals surface area contributed by atoms with Crippen LogP contribution >= 0.6 is 0 Å². The summed E-state index contributed by atoms with van der Waals surface area (Å²) in [7, 11) is 0. The third kappa shape index (κ3) is 8.18. The molecule has 0 aliphatic carbocycles. The second-order valence-electron chi connectivity index (χ2n) is 8.71. The molecule has 0 radical (unpaired) electrons. The summed E-state index contributed by atoms with van der Waals surface area (Å²) in [6.45, 7) is -0.804. The van der Waals surface area contributed by atoms with Gasteiger partial charge in [-0.05, 0) is 0 Å². The quantitative estimate of drug-likeness (QED) is 0.138. The van der Waals surface area contributed by atoms with Crippen LogP contribution < -0.4 is 5.73 Å². The predicted octanol–water partition coefficient (Wildman–Crippen LogP) is -6.92. The normalized spacial score (nSPS) is 45.6. The second-order valence-corrected chi connectivity index (χ2v) is 8.71. The minimum absolute atomic E-state index is 0.0465. The summed E-state index contributed by atoms with van der Waals surface area (Å²) in [6, 6.07) is 0. The van der Waals surface area contributed by atoms with E-state index in [1.54, 1.807) is 0 Å². The maximum Gasteiger partial charge on any atom is 0.186 e. The lowest BCUT2D eigenvalue weighted by molar-refractivity contribution is -0.330. The highest BCUT2D eigenvalue weighted by atomic mass is 16.7. The molecule has 12 N–H and O–H groups in total. The molecule has 0 bridgehead atoms. The third-order valence-electron chi connectivity index (χ3n) is 6.00. The fraction of sp³-hybridized carbons (Fsp3) is 1.00. The van der Waals surface area contributed by atoms with Crippen molar-refractivity contribution in [3.63, 3.8) is 0 Å². The highest BCUT2D eigenvalue weighted by Gasteiger charge is 2.47. The minimum Gasteiger partial charge on any atom is -0.394 e. The number of ether oxygens (including phenoxy) is 5. The van der Waals surface area contributed by atoms with E-state index >= 15 is 0 Å². The molecule has 214 valence electrons. The summed E-state index contributed by atoms with van der Waals surface area (Å²) in [4.78, 5) is 0. The van der Waals surface area contributed by atoms with Crippen LogP contribution in [0.1, 0.15) is 6.42 Å². The molecule has 0 spiro atoms. The lowest BCUT2D eigenvalue weighted by Gasteiger charge is -2.42. The summed E-state index contributed by atoms with van der Waals surface area (Å²) in [5.41, 5.74) is 5.30. The maximum absolute atomic E-state index is 10.0. The second kappa shape index (κ2) is 15.1. The van der Waals surface area contributed by atoms with Crippen LogP contribution in [0.15, 0.2) is 0 Å². The standard InChI is InChI=1S/C14H27NO11.C6H12O4/c15-1-2-23-13-11(21)10(20)8(18)6(26-13)4-24-14-12(22)9(19)7(17)5(3-16)25-14;7-2-4-1-5(8)6(9)3-10-4/h5-14,16-22H,1-4,15H2;4-9H,1-3H2/t5?,6?,7-,8-,9?,10?,11?,12?,13+,14+;/m1./s1. The van der Waals surface area contributed by atoms with Gasteiger partial charge in [-0.25, -0.2) is 0 Å². The number of nitrogens with two attached hydrogens (primary N) is 1. The van der Waals surface area contributed by atoms with E-state index in [1.165, 1.54) is 0 Å². The van der Waals surface area contributed by atoms with Crippen LogP contribution in [0, 0.1) is 0 Å². The van der Waals surface area contributed by atoms with Crippen LogP contribution in [0.5, 0.6) is 0 Å². The molecule has 9 unspecified atom stereocenters. The molecule has 3 aliphatic rings. The first kappa shape index (κ1) is 31.6. The first-order valence-electron chi connectivity index (χ1n) is 11.6. The molecule has 0 aromatic heterocycles. The van der Waals surface area contributed by atoms with E-state index < -0.39 is 86.8 Å². The van der Waals surface area contributed by atoms with Crippen molar-refractivity contribution in [3.8, 4) is 0 Å². The van der Waals surface area contributed by atoms with Crippen molar-refractivity contribution >= 4 is 0 Å². The van der Waals surface area contributed by atoms with Gasteiger partial charge < -0.3 is 80.5 Å². The predicted molar refractivity (Wildman–Crippen MR) is 115 cm³/mol. The summed E-state index contributed by atoms with van der Waals surface area (Å²) in [6.07, 6.45) is -15.9. The zero-order valence-electron chi connectivity index (χ0n) is 19.5. The number of aliphatic hydroxyl groups excluding tert-OH is 10. The summed E-state index contributed by atoms with van der Waals surface area (Å²) in [5.74, 6) is 0. The lowest BCUT2D eigenvalue weighted by Crippen LogP contribution is -2.61. The zero-order valence-corrected chi connectivity index (χ0v) is 19.5. The molecule has 3 aliphatic heterocycles. The van der Waals surface area contributed by atoms with Crippen molar-refractivity contribution in [1.29, 1.82) is 0 Å². The molecular formula is C20H39NO15. The van der Waals surface area contributed by atoms with Gasteiger partial charge in [0.1, 0.15) is 54.9 Å². The molecule has 16 heteroatoms. The van der Waals surface area contributed by atoms with E-state index in [1.807, 2.05) is 0 Å². The molecule has 3 saturated heterocycles. The van der Waals surface area contributed by atoms with Crippen LogP contribution in [0.2, 0.25) is 0 Å². The Morgan fingerprint density at radius 2 is 1.22 bits per heavy atom. The van der Waals surface area contributed by atoms with E-state index in [0.717, 1.165) is 0 Å². The number of hydrogen-bond donors (Lipinski definition) is 11. The van der Waals surface area contributed by atoms with Gasteiger partial charge in [0.25, 0.3) is 0 Å². The van der Waals surface area contributed by atoms with Gasteiger partial charge in [-0.15, -0.1) is 0 Å². The highest BCUT2D eigenvalue weighted by Crippen LogP contribution is 2.25. The maximum atomic E-state index is 10.0. The summed E-state index contributed by atoms with van der Waals surface area (Å²) < 4.78 is 25.9. The molecule has 0 aromatic rings. The van der Waals surface area contributed by atoms with Gasteiger partial charge in [-0.2, -0.15) is 0 Å². The minimum atomic E-state index is -1.62. The Bertz CT molecular complexity index is 618. The summed E-state index contributed by atoms with van der Waals surface area (Å²) >= 11 is 0. The van der Waals surface area contributed by atoms with E-state index in [0.29, 0.717) is 6.42 Å². The fourth-order valence-corrected chi connectivity index (χ4v) is 3.74. The van der Waals surface area contributed by atoms with Crippen molar-refractivity contribution in [1.82, 2.24) is 0 Å². The molecular weight excluding hydrogens is 494 g/mol. The average Bonchev–Trinajstić information content (AvgIpc) is 2.88. The smallest absolute Gasteiger partial charge is 0.186 e. The van der Waals surface area contributed by atoms with Gasteiger partial charge in [-0.1, -0.05) is 0 Å². The molecule has 0 saturated carbocycles. The highest BCUT2D eigenvalue weighted by molar-refractivity contribution is 4.91. The fourth-order valence-electron chi connectivity index (χ4n) is 3.74. The average molecular weight is 534 g/mol. The van der Waals surface area contributed by atoms with Crippen molar-refractivity contribution < 1.29 is 74.7 Å². The van der Waals surface area contributed by atoms with E-state index in [4.69, 9.17) is 49.8 Å². The van der Waals surface area contributed by atoms with Gasteiger partial charge in [0.2, 0.25) is 0 Å². The van der Waals surface area contributed by atoms with Gasteiger partial charge in [0.15, 0.2) is 12.6 Å². The van der Waals surface area contributed by atoms with Gasteiger partial charge >= 0.3 is 0 Å². The number of rotatable bonds is 8. The number of hydrogen-bond acceptors (Lipinski definition) is 16. The van der Waals surface area contributed by atoms with Crippen LogP contribution in [0.3, 0.4) is 0 Å². The van der Waals surface area contributed by atoms with Crippen molar-refractivity contribution in [2.24, 2.45) is 5.73 Å². The first-order valence-corrected chi connectivity index (χ1v) is 11.6. The van der Waals surface area contributed by atoms with E-state index in [-0.39, 0.29) is 32.5 Å².